The Morgan fingerprint density at radius 1 is 1.29 bits per heavy atom. The summed E-state index contributed by atoms with van der Waals surface area (Å²) in [6, 6.07) is 5.84. The average Bonchev–Trinajstić information content (AvgIpc) is 3.11. The van der Waals surface area contributed by atoms with Crippen molar-refractivity contribution in [2.24, 2.45) is 0 Å². The average molecular weight is 352 g/mol. The number of rotatable bonds is 3. The van der Waals surface area contributed by atoms with Crippen LogP contribution in [-0.4, -0.2) is 16.7 Å². The Bertz CT molecular complexity index is 908. The summed E-state index contributed by atoms with van der Waals surface area (Å²) in [7, 11) is 0. The zero-order chi connectivity index (χ0) is 17.4. The lowest BCUT2D eigenvalue weighted by molar-refractivity contribution is -0.402. The van der Waals surface area contributed by atoms with Crippen molar-refractivity contribution in [2.75, 3.05) is 5.01 Å². The van der Waals surface area contributed by atoms with Gasteiger partial charge in [-0.1, -0.05) is 11.6 Å². The van der Waals surface area contributed by atoms with Crippen molar-refractivity contribution in [3.8, 4) is 0 Å². The molecular formula is C14H7ClFN3O5. The predicted molar refractivity (Wildman–Crippen MR) is 80.4 cm³/mol. The quantitative estimate of drug-likeness (QED) is 0.395. The van der Waals surface area contributed by atoms with Crippen molar-refractivity contribution in [1.29, 1.82) is 0 Å². The van der Waals surface area contributed by atoms with Gasteiger partial charge in [0.25, 0.3) is 11.8 Å². The van der Waals surface area contributed by atoms with Gasteiger partial charge in [-0.15, -0.1) is 0 Å². The molecule has 2 heterocycles. The number of carbonyl (C=O) groups is 2. The minimum atomic E-state index is -0.745. The summed E-state index contributed by atoms with van der Waals surface area (Å²) in [4.78, 5) is 34.1. The number of halogens is 2. The number of carbonyl (C=O) groups excluding carboxylic acids is 2. The van der Waals surface area contributed by atoms with E-state index in [1.165, 1.54) is 18.2 Å². The van der Waals surface area contributed by atoms with Crippen molar-refractivity contribution >= 4 is 41.1 Å². The van der Waals surface area contributed by atoms with Gasteiger partial charge in [0.05, 0.1) is 16.8 Å². The first kappa shape index (κ1) is 15.7. The van der Waals surface area contributed by atoms with E-state index in [-0.39, 0.29) is 22.0 Å². The summed E-state index contributed by atoms with van der Waals surface area (Å²) < 4.78 is 18.1. The number of nitro groups is 1. The van der Waals surface area contributed by atoms with E-state index in [1.807, 2.05) is 0 Å². The van der Waals surface area contributed by atoms with Gasteiger partial charge in [0.1, 0.15) is 22.1 Å². The molecule has 1 fully saturated rings. The molecule has 2 aromatic rings. The second kappa shape index (κ2) is 5.78. The van der Waals surface area contributed by atoms with Crippen LogP contribution in [0.3, 0.4) is 0 Å². The fraction of sp³-hybridized carbons (Fsp3) is 0. The molecule has 2 amide bonds. The van der Waals surface area contributed by atoms with Gasteiger partial charge in [0, 0.05) is 0 Å². The van der Waals surface area contributed by atoms with Crippen LogP contribution in [0.5, 0.6) is 0 Å². The third kappa shape index (κ3) is 2.72. The van der Waals surface area contributed by atoms with E-state index >= 15 is 0 Å². The first-order chi connectivity index (χ1) is 11.4. The summed E-state index contributed by atoms with van der Waals surface area (Å²) in [6.45, 7) is 0. The lowest BCUT2D eigenvalue weighted by atomic mass is 10.2. The number of hydrogen-bond acceptors (Lipinski definition) is 5. The van der Waals surface area contributed by atoms with Crippen LogP contribution in [0.4, 0.5) is 16.0 Å². The van der Waals surface area contributed by atoms with Gasteiger partial charge in [0.2, 0.25) is 0 Å². The van der Waals surface area contributed by atoms with Gasteiger partial charge in [0.15, 0.2) is 0 Å². The molecule has 1 aliphatic heterocycles. The smallest absolute Gasteiger partial charge is 0.401 e. The highest BCUT2D eigenvalue weighted by Crippen LogP contribution is 2.26. The molecule has 1 N–H and O–H groups in total. The second-order valence-electron chi connectivity index (χ2n) is 4.67. The van der Waals surface area contributed by atoms with Gasteiger partial charge in [-0.05, 0) is 30.3 Å². The van der Waals surface area contributed by atoms with Crippen LogP contribution in [0.2, 0.25) is 5.02 Å². The van der Waals surface area contributed by atoms with Crippen molar-refractivity contribution in [1.82, 2.24) is 5.43 Å². The lowest BCUT2D eigenvalue weighted by Crippen LogP contribution is -2.35. The van der Waals surface area contributed by atoms with E-state index in [2.05, 4.69) is 5.43 Å². The third-order valence-electron chi connectivity index (χ3n) is 3.13. The molecule has 0 atom stereocenters. The number of nitrogens with zero attached hydrogens (tertiary/aromatic N) is 2. The van der Waals surface area contributed by atoms with Crippen LogP contribution >= 0.6 is 11.6 Å². The van der Waals surface area contributed by atoms with E-state index in [0.29, 0.717) is 0 Å². The van der Waals surface area contributed by atoms with Crippen LogP contribution in [0, 0.1) is 15.9 Å². The molecule has 0 bridgehead atoms. The lowest BCUT2D eigenvalue weighted by Gasteiger charge is -2.14. The molecule has 122 valence electrons. The number of benzene rings is 1. The number of nitrogens with one attached hydrogen (secondary N) is 1. The SMILES string of the molecule is O=C1NN(c2ccc(F)c(Cl)c2)C(=O)C1=Cc1ccc([N+](=O)[O-])o1. The Labute approximate surface area is 138 Å². The van der Waals surface area contributed by atoms with E-state index in [9.17, 15) is 24.1 Å². The Hall–Kier alpha value is -3.20. The maximum absolute atomic E-state index is 13.2. The summed E-state index contributed by atoms with van der Waals surface area (Å²) >= 11 is 5.66. The molecule has 1 saturated heterocycles. The van der Waals surface area contributed by atoms with Crippen LogP contribution in [-0.2, 0) is 9.59 Å². The number of amides is 2. The molecule has 1 aromatic carbocycles. The topological polar surface area (TPSA) is 106 Å². The molecule has 0 radical (unpaired) electrons. The summed E-state index contributed by atoms with van der Waals surface area (Å²) in [5.74, 6) is -2.69. The normalized spacial score (nSPS) is 15.9. The van der Waals surface area contributed by atoms with Crippen molar-refractivity contribution in [3.63, 3.8) is 0 Å². The number of furan rings is 1. The second-order valence-corrected chi connectivity index (χ2v) is 5.08. The maximum atomic E-state index is 13.2. The minimum Gasteiger partial charge on any atom is -0.401 e. The molecule has 1 aromatic heterocycles. The molecular weight excluding hydrogens is 345 g/mol. The predicted octanol–water partition coefficient (Wildman–Crippen LogP) is 2.44. The highest BCUT2D eigenvalue weighted by molar-refractivity contribution is 6.33. The van der Waals surface area contributed by atoms with Crippen LogP contribution in [0.25, 0.3) is 6.08 Å². The Balaban J connectivity index is 1.92. The molecule has 8 nitrogen and oxygen atoms in total. The number of hydrogen-bond donors (Lipinski definition) is 1. The highest BCUT2D eigenvalue weighted by Gasteiger charge is 2.35. The minimum absolute atomic E-state index is 0.0285. The van der Waals surface area contributed by atoms with Gasteiger partial charge in [-0.2, -0.15) is 0 Å². The van der Waals surface area contributed by atoms with Gasteiger partial charge >= 0.3 is 5.88 Å². The first-order valence-electron chi connectivity index (χ1n) is 6.43. The van der Waals surface area contributed by atoms with Crippen molar-refractivity contribution in [2.45, 2.75) is 0 Å². The van der Waals surface area contributed by atoms with E-state index in [1.54, 1.807) is 0 Å². The first-order valence-corrected chi connectivity index (χ1v) is 6.81. The molecule has 1 aliphatic rings. The van der Waals surface area contributed by atoms with Crippen LogP contribution < -0.4 is 10.4 Å². The molecule has 24 heavy (non-hydrogen) atoms. The Morgan fingerprint density at radius 3 is 2.67 bits per heavy atom. The van der Waals surface area contributed by atoms with Crippen LogP contribution in [0.15, 0.2) is 40.3 Å². The van der Waals surface area contributed by atoms with E-state index < -0.39 is 28.4 Å². The van der Waals surface area contributed by atoms with Gasteiger partial charge in [-0.3, -0.25) is 25.1 Å². The van der Waals surface area contributed by atoms with Crippen molar-refractivity contribution in [3.05, 3.63) is 62.6 Å². The van der Waals surface area contributed by atoms with E-state index in [4.69, 9.17) is 16.0 Å². The Kier molecular flexibility index (Phi) is 3.78. The zero-order valence-corrected chi connectivity index (χ0v) is 12.4. The fourth-order valence-corrected chi connectivity index (χ4v) is 2.20. The van der Waals surface area contributed by atoms with Gasteiger partial charge in [-0.25, -0.2) is 9.40 Å². The molecule has 3 rings (SSSR count). The molecule has 0 aliphatic carbocycles. The molecule has 10 heteroatoms. The standard InChI is InChI=1S/C14H7ClFN3O5/c15-10-5-7(1-3-11(10)16)18-14(21)9(13(20)17-18)6-8-2-4-12(24-8)19(22)23/h1-6H,(H,17,20). The monoisotopic (exact) mass is 351 g/mol. The Morgan fingerprint density at radius 2 is 2.04 bits per heavy atom. The van der Waals surface area contributed by atoms with Crippen LogP contribution in [0.1, 0.15) is 5.76 Å². The number of anilines is 1. The highest BCUT2D eigenvalue weighted by atomic mass is 35.5. The molecule has 0 saturated carbocycles. The van der Waals surface area contributed by atoms with Crippen molar-refractivity contribution < 1.29 is 23.3 Å². The van der Waals surface area contributed by atoms with Gasteiger partial charge < -0.3 is 4.42 Å². The molecule has 0 unspecified atom stereocenters. The number of hydrazine groups is 1. The third-order valence-corrected chi connectivity index (χ3v) is 3.42. The summed E-state index contributed by atoms with van der Waals surface area (Å²) in [6.07, 6.45) is 1.08. The maximum Gasteiger partial charge on any atom is 0.433 e. The largest absolute Gasteiger partial charge is 0.433 e. The summed E-state index contributed by atoms with van der Waals surface area (Å²) in [5, 5.41) is 11.2. The van der Waals surface area contributed by atoms with E-state index in [0.717, 1.165) is 23.2 Å². The summed E-state index contributed by atoms with van der Waals surface area (Å²) in [5.41, 5.74) is 2.16. The zero-order valence-electron chi connectivity index (χ0n) is 11.7. The fourth-order valence-electron chi connectivity index (χ4n) is 2.02. The molecule has 0 spiro atoms.